The van der Waals surface area contributed by atoms with E-state index in [-0.39, 0.29) is 32.0 Å². The Morgan fingerprint density at radius 1 is 1.44 bits per heavy atom. The molecule has 5 heteroatoms. The number of rotatable bonds is 4. The monoisotopic (exact) mass is 276 g/mol. The van der Waals surface area contributed by atoms with Crippen LogP contribution >= 0.6 is 11.6 Å². The SMILES string of the molecule is OCc1cccc(Cl)c1OCC1CCC(F)(F)C1. The van der Waals surface area contributed by atoms with Crippen LogP contribution in [0.25, 0.3) is 0 Å². The lowest BCUT2D eigenvalue weighted by Gasteiger charge is -2.15. The Hall–Kier alpha value is -0.870. The van der Waals surface area contributed by atoms with Crippen molar-refractivity contribution >= 4 is 11.6 Å². The van der Waals surface area contributed by atoms with E-state index in [1.165, 1.54) is 0 Å². The Bertz CT molecular complexity index is 423. The lowest BCUT2D eigenvalue weighted by molar-refractivity contribution is 0.00288. The van der Waals surface area contributed by atoms with Crippen LogP contribution < -0.4 is 4.74 Å². The van der Waals surface area contributed by atoms with Gasteiger partial charge in [0.1, 0.15) is 5.75 Å². The number of aliphatic hydroxyl groups is 1. The highest BCUT2D eigenvalue weighted by Gasteiger charge is 2.39. The first kappa shape index (κ1) is 13.6. The van der Waals surface area contributed by atoms with E-state index in [0.717, 1.165) is 0 Å². The third kappa shape index (κ3) is 3.12. The molecule has 18 heavy (non-hydrogen) atoms. The fraction of sp³-hybridized carbons (Fsp3) is 0.538. The highest BCUT2D eigenvalue weighted by atomic mass is 35.5. The van der Waals surface area contributed by atoms with Crippen molar-refractivity contribution in [2.45, 2.75) is 31.8 Å². The summed E-state index contributed by atoms with van der Waals surface area (Å²) >= 11 is 5.97. The molecule has 0 aliphatic heterocycles. The van der Waals surface area contributed by atoms with Crippen LogP contribution in [-0.4, -0.2) is 17.6 Å². The van der Waals surface area contributed by atoms with E-state index in [1.807, 2.05) is 0 Å². The Labute approximate surface area is 110 Å². The average Bonchev–Trinajstić information content (AvgIpc) is 2.67. The number of hydrogen-bond donors (Lipinski definition) is 1. The van der Waals surface area contributed by atoms with Crippen molar-refractivity contribution in [3.8, 4) is 5.75 Å². The number of para-hydroxylation sites is 1. The molecule has 100 valence electrons. The summed E-state index contributed by atoms with van der Waals surface area (Å²) in [5.74, 6) is -2.31. The maximum absolute atomic E-state index is 13.0. The highest BCUT2D eigenvalue weighted by Crippen LogP contribution is 2.39. The first-order chi connectivity index (χ1) is 8.52. The molecular weight excluding hydrogens is 262 g/mol. The highest BCUT2D eigenvalue weighted by molar-refractivity contribution is 6.32. The van der Waals surface area contributed by atoms with E-state index in [4.69, 9.17) is 21.4 Å². The number of benzene rings is 1. The lowest BCUT2D eigenvalue weighted by atomic mass is 10.1. The summed E-state index contributed by atoms with van der Waals surface area (Å²) in [4.78, 5) is 0. The van der Waals surface area contributed by atoms with Gasteiger partial charge in [0, 0.05) is 18.4 Å². The summed E-state index contributed by atoms with van der Waals surface area (Å²) in [6, 6.07) is 5.06. The number of alkyl halides is 2. The Balaban J connectivity index is 1.98. The summed E-state index contributed by atoms with van der Waals surface area (Å²) in [5.41, 5.74) is 0.576. The van der Waals surface area contributed by atoms with Gasteiger partial charge in [-0.25, -0.2) is 8.78 Å². The molecule has 0 bridgehead atoms. The quantitative estimate of drug-likeness (QED) is 0.910. The minimum atomic E-state index is -2.56. The summed E-state index contributed by atoms with van der Waals surface area (Å²) in [6.45, 7) is 0.0308. The van der Waals surface area contributed by atoms with Gasteiger partial charge in [-0.2, -0.15) is 0 Å². The molecule has 1 unspecified atom stereocenters. The third-order valence-corrected chi connectivity index (χ3v) is 3.49. The van der Waals surface area contributed by atoms with Gasteiger partial charge in [0.15, 0.2) is 0 Å². The van der Waals surface area contributed by atoms with Gasteiger partial charge in [-0.15, -0.1) is 0 Å². The van der Waals surface area contributed by atoms with E-state index >= 15 is 0 Å². The molecule has 2 rings (SSSR count). The second-order valence-electron chi connectivity index (χ2n) is 4.66. The van der Waals surface area contributed by atoms with E-state index in [2.05, 4.69) is 0 Å². The molecular formula is C13H15ClF2O2. The average molecular weight is 277 g/mol. The normalized spacial score (nSPS) is 22.1. The van der Waals surface area contributed by atoms with Crippen molar-refractivity contribution in [1.29, 1.82) is 0 Å². The number of ether oxygens (including phenoxy) is 1. The molecule has 0 heterocycles. The van der Waals surface area contributed by atoms with E-state index < -0.39 is 5.92 Å². The summed E-state index contributed by atoms with van der Waals surface area (Å²) < 4.78 is 31.6. The minimum absolute atomic E-state index is 0.0730. The molecule has 0 aromatic heterocycles. The Kier molecular flexibility index (Phi) is 4.07. The van der Waals surface area contributed by atoms with Gasteiger partial charge >= 0.3 is 0 Å². The largest absolute Gasteiger partial charge is 0.491 e. The number of halogens is 3. The van der Waals surface area contributed by atoms with Crippen molar-refractivity contribution in [2.24, 2.45) is 5.92 Å². The van der Waals surface area contributed by atoms with Crippen molar-refractivity contribution in [3.63, 3.8) is 0 Å². The molecule has 0 spiro atoms. The molecule has 0 saturated heterocycles. The van der Waals surface area contributed by atoms with Gasteiger partial charge < -0.3 is 9.84 Å². The lowest BCUT2D eigenvalue weighted by Crippen LogP contribution is -2.14. The molecule has 1 aliphatic rings. The summed E-state index contributed by atoms with van der Waals surface area (Å²) in [6.07, 6.45) is 0.258. The predicted molar refractivity (Wildman–Crippen MR) is 65.2 cm³/mol. The van der Waals surface area contributed by atoms with Crippen LogP contribution in [0.2, 0.25) is 5.02 Å². The molecule has 0 amide bonds. The maximum atomic E-state index is 13.0. The first-order valence-corrected chi connectivity index (χ1v) is 6.28. The molecule has 1 saturated carbocycles. The predicted octanol–water partition coefficient (Wildman–Crippen LogP) is 3.65. The zero-order chi connectivity index (χ0) is 13.2. The van der Waals surface area contributed by atoms with E-state index in [0.29, 0.717) is 22.8 Å². The van der Waals surface area contributed by atoms with Crippen molar-refractivity contribution in [1.82, 2.24) is 0 Å². The fourth-order valence-electron chi connectivity index (χ4n) is 2.22. The fourth-order valence-corrected chi connectivity index (χ4v) is 2.47. The Morgan fingerprint density at radius 2 is 2.22 bits per heavy atom. The minimum Gasteiger partial charge on any atom is -0.491 e. The molecule has 1 aliphatic carbocycles. The van der Waals surface area contributed by atoms with Crippen LogP contribution in [-0.2, 0) is 6.61 Å². The smallest absolute Gasteiger partial charge is 0.248 e. The van der Waals surface area contributed by atoms with Gasteiger partial charge in [-0.1, -0.05) is 23.7 Å². The summed E-state index contributed by atoms with van der Waals surface area (Å²) in [7, 11) is 0. The second kappa shape index (κ2) is 5.41. The zero-order valence-corrected chi connectivity index (χ0v) is 10.6. The van der Waals surface area contributed by atoms with Crippen molar-refractivity contribution in [3.05, 3.63) is 28.8 Å². The van der Waals surface area contributed by atoms with Crippen LogP contribution in [0.3, 0.4) is 0 Å². The molecule has 1 aromatic rings. The zero-order valence-electron chi connectivity index (χ0n) is 9.83. The molecule has 1 N–H and O–H groups in total. The van der Waals surface area contributed by atoms with E-state index in [9.17, 15) is 8.78 Å². The summed E-state index contributed by atoms with van der Waals surface area (Å²) in [5, 5.41) is 9.55. The van der Waals surface area contributed by atoms with Crippen LogP contribution in [0.1, 0.15) is 24.8 Å². The molecule has 0 radical (unpaired) electrons. The van der Waals surface area contributed by atoms with E-state index in [1.54, 1.807) is 18.2 Å². The molecule has 1 fully saturated rings. The van der Waals surface area contributed by atoms with Crippen LogP contribution in [0.5, 0.6) is 5.75 Å². The second-order valence-corrected chi connectivity index (χ2v) is 5.07. The van der Waals surface area contributed by atoms with Gasteiger partial charge in [-0.3, -0.25) is 0 Å². The van der Waals surface area contributed by atoms with Crippen molar-refractivity contribution in [2.75, 3.05) is 6.61 Å². The standard InChI is InChI=1S/C13H15ClF2O2/c14-11-3-1-2-10(7-17)12(11)18-8-9-4-5-13(15,16)6-9/h1-3,9,17H,4-8H2. The van der Waals surface area contributed by atoms with Crippen LogP contribution in [0, 0.1) is 5.92 Å². The van der Waals surface area contributed by atoms with Gasteiger partial charge in [0.05, 0.1) is 18.2 Å². The third-order valence-electron chi connectivity index (χ3n) is 3.19. The first-order valence-electron chi connectivity index (χ1n) is 5.91. The maximum Gasteiger partial charge on any atom is 0.248 e. The van der Waals surface area contributed by atoms with Crippen LogP contribution in [0.15, 0.2) is 18.2 Å². The topological polar surface area (TPSA) is 29.5 Å². The molecule has 1 atom stereocenters. The van der Waals surface area contributed by atoms with Gasteiger partial charge in [0.25, 0.3) is 0 Å². The van der Waals surface area contributed by atoms with Crippen LogP contribution in [0.4, 0.5) is 8.78 Å². The molecule has 1 aromatic carbocycles. The number of aliphatic hydroxyl groups excluding tert-OH is 1. The van der Waals surface area contributed by atoms with Gasteiger partial charge in [0.2, 0.25) is 5.92 Å². The molecule has 2 nitrogen and oxygen atoms in total. The van der Waals surface area contributed by atoms with Gasteiger partial charge in [-0.05, 0) is 18.4 Å². The number of hydrogen-bond acceptors (Lipinski definition) is 2. The van der Waals surface area contributed by atoms with Crippen molar-refractivity contribution < 1.29 is 18.6 Å². The Morgan fingerprint density at radius 3 is 2.83 bits per heavy atom.